The lowest BCUT2D eigenvalue weighted by atomic mass is 9.95. The minimum atomic E-state index is -2.54. The van der Waals surface area contributed by atoms with Crippen LogP contribution in [0, 0.1) is 0 Å². The molecule has 1 atom stereocenters. The van der Waals surface area contributed by atoms with Crippen molar-refractivity contribution in [3.05, 3.63) is 40.9 Å². The van der Waals surface area contributed by atoms with Crippen LogP contribution in [0.15, 0.2) is 40.2 Å². The van der Waals surface area contributed by atoms with Gasteiger partial charge in [0.2, 0.25) is 5.95 Å². The fraction of sp³-hybridized carbons (Fsp3) is 0.455. The molecule has 2 aromatic heterocycles. The molecule has 1 aliphatic heterocycles. The summed E-state index contributed by atoms with van der Waals surface area (Å²) in [5.41, 5.74) is 1.91. The van der Waals surface area contributed by atoms with Crippen molar-refractivity contribution in [1.29, 1.82) is 0 Å². The van der Waals surface area contributed by atoms with Gasteiger partial charge in [-0.05, 0) is 43.0 Å². The Labute approximate surface area is 187 Å². The van der Waals surface area contributed by atoms with Crippen molar-refractivity contribution in [1.82, 2.24) is 23.8 Å². The van der Waals surface area contributed by atoms with E-state index in [1.165, 1.54) is 6.42 Å². The number of aromatic amines is 1. The lowest BCUT2D eigenvalue weighted by Gasteiger charge is -2.29. The molecule has 0 bridgehead atoms. The second-order valence-electron chi connectivity index (χ2n) is 8.35. The number of ether oxygens (including phenoxy) is 1. The highest BCUT2D eigenvalue weighted by molar-refractivity contribution is 7.98. The van der Waals surface area contributed by atoms with Crippen LogP contribution in [0.4, 0.5) is 11.6 Å². The topological polar surface area (TPSA) is 105 Å². The Balaban J connectivity index is 1.38. The fourth-order valence-electron chi connectivity index (χ4n) is 4.53. The lowest BCUT2D eigenvalue weighted by Crippen LogP contribution is -2.40. The first-order valence-corrected chi connectivity index (χ1v) is 12.8. The first kappa shape index (κ1) is 21.2. The zero-order chi connectivity index (χ0) is 22.1. The standard InChI is InChI=1S/C22H28N6O3S/c1-32(30,27-11-13-31-14-12-27)18-9-7-16(8-10-18)24-21-23-15-19-20(26-21)28(22(29)25-19)17-5-3-2-4-6-17/h7-10,15,17H,1-6,11-14H2,(H,25,29)(H,23,24,26). The highest BCUT2D eigenvalue weighted by Crippen LogP contribution is 2.29. The van der Waals surface area contributed by atoms with Crippen LogP contribution in [0.2, 0.25) is 0 Å². The van der Waals surface area contributed by atoms with Crippen molar-refractivity contribution in [2.45, 2.75) is 43.0 Å². The average Bonchev–Trinajstić information content (AvgIpc) is 3.15. The molecule has 0 amide bonds. The minimum Gasteiger partial charge on any atom is -0.379 e. The maximum Gasteiger partial charge on any atom is 0.327 e. The SMILES string of the molecule is C=S(=O)(c1ccc(Nc2ncc3[nH]c(=O)n(C4CCCCC4)c3n2)cc1)N1CCOCC1. The summed E-state index contributed by atoms with van der Waals surface area (Å²) < 4.78 is 22.2. The van der Waals surface area contributed by atoms with E-state index in [-0.39, 0.29) is 11.7 Å². The van der Waals surface area contributed by atoms with Gasteiger partial charge in [0.1, 0.15) is 5.52 Å². The van der Waals surface area contributed by atoms with Crippen molar-refractivity contribution in [3.63, 3.8) is 0 Å². The number of aromatic nitrogens is 4. The molecule has 1 aliphatic carbocycles. The number of benzene rings is 1. The number of imidazole rings is 1. The zero-order valence-electron chi connectivity index (χ0n) is 18.0. The van der Waals surface area contributed by atoms with Gasteiger partial charge in [0.15, 0.2) is 5.65 Å². The molecule has 1 aromatic carbocycles. The highest BCUT2D eigenvalue weighted by atomic mass is 32.2. The van der Waals surface area contributed by atoms with Gasteiger partial charge in [0.05, 0.1) is 29.1 Å². The molecular formula is C22H28N6O3S. The summed E-state index contributed by atoms with van der Waals surface area (Å²) in [6, 6.07) is 7.51. The molecule has 10 heteroatoms. The number of morpholine rings is 1. The number of anilines is 2. The van der Waals surface area contributed by atoms with Gasteiger partial charge in [-0.2, -0.15) is 4.98 Å². The highest BCUT2D eigenvalue weighted by Gasteiger charge is 2.22. The van der Waals surface area contributed by atoms with Gasteiger partial charge >= 0.3 is 5.69 Å². The molecule has 2 fully saturated rings. The number of hydrogen-bond acceptors (Lipinski definition) is 6. The summed E-state index contributed by atoms with van der Waals surface area (Å²) in [4.78, 5) is 25.1. The molecule has 1 saturated heterocycles. The van der Waals surface area contributed by atoms with E-state index in [2.05, 4.69) is 26.1 Å². The number of nitrogens with one attached hydrogen (secondary N) is 2. The molecule has 32 heavy (non-hydrogen) atoms. The smallest absolute Gasteiger partial charge is 0.327 e. The largest absolute Gasteiger partial charge is 0.379 e. The molecule has 5 rings (SSSR count). The predicted octanol–water partition coefficient (Wildman–Crippen LogP) is 2.69. The molecule has 2 aliphatic rings. The van der Waals surface area contributed by atoms with Gasteiger partial charge in [-0.15, -0.1) is 0 Å². The Kier molecular flexibility index (Phi) is 5.75. The number of rotatable bonds is 5. The molecule has 1 saturated carbocycles. The average molecular weight is 457 g/mol. The van der Waals surface area contributed by atoms with E-state index in [1.807, 2.05) is 28.6 Å². The first-order chi connectivity index (χ1) is 15.5. The summed E-state index contributed by atoms with van der Waals surface area (Å²) in [7, 11) is -2.54. The van der Waals surface area contributed by atoms with Crippen LogP contribution in [0.3, 0.4) is 0 Å². The quantitative estimate of drug-likeness (QED) is 0.572. The molecule has 3 aromatic rings. The van der Waals surface area contributed by atoms with Gasteiger partial charge in [-0.3, -0.25) is 4.57 Å². The van der Waals surface area contributed by atoms with Crippen LogP contribution in [0.25, 0.3) is 11.2 Å². The normalized spacial score (nSPS) is 20.2. The lowest BCUT2D eigenvalue weighted by molar-refractivity contribution is 0.0749. The summed E-state index contributed by atoms with van der Waals surface area (Å²) in [5.74, 6) is 4.40. The van der Waals surface area contributed by atoms with Gasteiger partial charge in [0.25, 0.3) is 0 Å². The second kappa shape index (κ2) is 8.68. The van der Waals surface area contributed by atoms with Gasteiger partial charge in [-0.25, -0.2) is 18.3 Å². The molecule has 0 radical (unpaired) electrons. The van der Waals surface area contributed by atoms with Crippen molar-refractivity contribution in [3.8, 4) is 0 Å². The fourth-order valence-corrected chi connectivity index (χ4v) is 6.12. The van der Waals surface area contributed by atoms with Crippen LogP contribution in [-0.4, -0.2) is 60.2 Å². The summed E-state index contributed by atoms with van der Waals surface area (Å²) >= 11 is 0. The van der Waals surface area contributed by atoms with Gasteiger partial charge < -0.3 is 15.0 Å². The molecular weight excluding hydrogens is 428 g/mol. The molecule has 1 unspecified atom stereocenters. The first-order valence-electron chi connectivity index (χ1n) is 11.1. The molecule has 2 N–H and O–H groups in total. The van der Waals surface area contributed by atoms with E-state index in [4.69, 9.17) is 4.74 Å². The summed E-state index contributed by atoms with van der Waals surface area (Å²) in [5, 5.41) is 3.20. The number of H-pyrrole nitrogens is 1. The number of hydrogen-bond donors (Lipinski definition) is 2. The van der Waals surface area contributed by atoms with E-state index in [0.29, 0.717) is 48.3 Å². The maximum absolute atomic E-state index is 13.2. The van der Waals surface area contributed by atoms with E-state index in [1.54, 1.807) is 10.8 Å². The molecule has 3 heterocycles. The molecule has 170 valence electrons. The van der Waals surface area contributed by atoms with Gasteiger partial charge in [0, 0.05) is 29.7 Å². The third kappa shape index (κ3) is 4.05. The predicted molar refractivity (Wildman–Crippen MR) is 126 cm³/mol. The van der Waals surface area contributed by atoms with Crippen molar-refractivity contribution in [2.75, 3.05) is 31.6 Å². The Morgan fingerprint density at radius 3 is 2.56 bits per heavy atom. The monoisotopic (exact) mass is 456 g/mol. The second-order valence-corrected chi connectivity index (χ2v) is 10.6. The van der Waals surface area contributed by atoms with Gasteiger partial charge in [-0.1, -0.05) is 19.3 Å². The molecule has 0 spiro atoms. The van der Waals surface area contributed by atoms with Crippen molar-refractivity contribution >= 4 is 38.4 Å². The third-order valence-electron chi connectivity index (χ3n) is 6.26. The summed E-state index contributed by atoms with van der Waals surface area (Å²) in [6.07, 6.45) is 7.11. The van der Waals surface area contributed by atoms with E-state index >= 15 is 0 Å². The van der Waals surface area contributed by atoms with Crippen molar-refractivity contribution < 1.29 is 8.95 Å². The van der Waals surface area contributed by atoms with E-state index < -0.39 is 9.71 Å². The number of fused-ring (bicyclic) bond motifs is 1. The Morgan fingerprint density at radius 2 is 1.84 bits per heavy atom. The van der Waals surface area contributed by atoms with E-state index in [9.17, 15) is 9.00 Å². The number of nitrogens with zero attached hydrogens (tertiary/aromatic N) is 4. The van der Waals surface area contributed by atoms with Crippen LogP contribution < -0.4 is 11.0 Å². The van der Waals surface area contributed by atoms with E-state index in [0.717, 1.165) is 31.4 Å². The Bertz CT molecular complexity index is 1250. The van der Waals surface area contributed by atoms with Crippen LogP contribution in [0.1, 0.15) is 38.1 Å². The maximum atomic E-state index is 13.2. The minimum absolute atomic E-state index is 0.129. The Morgan fingerprint density at radius 1 is 1.12 bits per heavy atom. The van der Waals surface area contributed by atoms with Crippen LogP contribution in [0.5, 0.6) is 0 Å². The van der Waals surface area contributed by atoms with Crippen LogP contribution >= 0.6 is 0 Å². The van der Waals surface area contributed by atoms with Crippen molar-refractivity contribution in [2.24, 2.45) is 0 Å². The molecule has 9 nitrogen and oxygen atoms in total. The Hall–Kier alpha value is -2.69. The van der Waals surface area contributed by atoms with Crippen LogP contribution in [-0.2, 0) is 14.4 Å². The third-order valence-corrected chi connectivity index (χ3v) is 8.47. The zero-order valence-corrected chi connectivity index (χ0v) is 18.8. The summed E-state index contributed by atoms with van der Waals surface area (Å²) in [6.45, 7) is 2.35.